The lowest BCUT2D eigenvalue weighted by Crippen LogP contribution is -2.37. The number of carbonyl (C=O) groups is 3. The van der Waals surface area contributed by atoms with Crippen molar-refractivity contribution in [2.75, 3.05) is 5.32 Å². The maximum absolute atomic E-state index is 13.1. The smallest absolute Gasteiger partial charge is 0.255 e. The molecule has 1 unspecified atom stereocenters. The standard InChI is InChI=1S/C20H15N3O3S/c24-11-15-12-27-20(21-15)22-18(25)17(13-6-2-1-3-7-13)23-10-14-8-4-5-9-16(14)19(23)26/h1-9,11-12,17H,10H2,(H,21,22,25). The van der Waals surface area contributed by atoms with E-state index in [1.807, 2.05) is 48.5 Å². The number of nitrogens with zero attached hydrogens (tertiary/aromatic N) is 2. The van der Waals surface area contributed by atoms with Crippen molar-refractivity contribution >= 4 is 34.6 Å². The molecule has 2 amide bonds. The summed E-state index contributed by atoms with van der Waals surface area (Å²) < 4.78 is 0. The minimum Gasteiger partial charge on any atom is -0.318 e. The number of amides is 2. The Hall–Kier alpha value is -3.32. The molecule has 0 bridgehead atoms. The number of fused-ring (bicyclic) bond motifs is 1. The average molecular weight is 377 g/mol. The fraction of sp³-hybridized carbons (Fsp3) is 0.100. The van der Waals surface area contributed by atoms with Gasteiger partial charge in [-0.3, -0.25) is 19.7 Å². The molecule has 0 saturated heterocycles. The van der Waals surface area contributed by atoms with Crippen LogP contribution in [-0.2, 0) is 11.3 Å². The lowest BCUT2D eigenvalue weighted by atomic mass is 10.0. The molecule has 0 spiro atoms. The van der Waals surface area contributed by atoms with Gasteiger partial charge in [-0.05, 0) is 17.2 Å². The third-order valence-corrected chi connectivity index (χ3v) is 5.17. The predicted octanol–water partition coefficient (Wildman–Crippen LogP) is 3.29. The van der Waals surface area contributed by atoms with Gasteiger partial charge in [0.2, 0.25) is 0 Å². The van der Waals surface area contributed by atoms with E-state index in [0.29, 0.717) is 29.1 Å². The molecule has 3 aromatic rings. The van der Waals surface area contributed by atoms with Gasteiger partial charge in [0.1, 0.15) is 11.7 Å². The maximum Gasteiger partial charge on any atom is 0.255 e. The van der Waals surface area contributed by atoms with Crippen LogP contribution in [0.1, 0.15) is 38.0 Å². The van der Waals surface area contributed by atoms with Crippen LogP contribution in [0.15, 0.2) is 60.0 Å². The Kier molecular flexibility index (Phi) is 4.52. The van der Waals surface area contributed by atoms with Crippen molar-refractivity contribution in [3.05, 3.63) is 82.4 Å². The summed E-state index contributed by atoms with van der Waals surface area (Å²) in [6.07, 6.45) is 0.626. The number of hydrogen-bond donors (Lipinski definition) is 1. The van der Waals surface area contributed by atoms with Gasteiger partial charge >= 0.3 is 0 Å². The first-order chi connectivity index (χ1) is 13.2. The van der Waals surface area contributed by atoms with Gasteiger partial charge in [-0.25, -0.2) is 4.98 Å². The van der Waals surface area contributed by atoms with E-state index in [4.69, 9.17) is 0 Å². The topological polar surface area (TPSA) is 79.4 Å². The van der Waals surface area contributed by atoms with Crippen LogP contribution >= 0.6 is 11.3 Å². The maximum atomic E-state index is 13.1. The zero-order valence-corrected chi connectivity index (χ0v) is 15.0. The molecule has 0 aliphatic carbocycles. The molecular weight excluding hydrogens is 362 g/mol. The molecule has 6 nitrogen and oxygen atoms in total. The highest BCUT2D eigenvalue weighted by Crippen LogP contribution is 2.32. The number of thiazole rings is 1. The van der Waals surface area contributed by atoms with Crippen molar-refractivity contribution in [3.8, 4) is 0 Å². The molecule has 4 rings (SSSR count). The van der Waals surface area contributed by atoms with Crippen LogP contribution in [-0.4, -0.2) is 28.0 Å². The van der Waals surface area contributed by atoms with Crippen molar-refractivity contribution in [2.45, 2.75) is 12.6 Å². The lowest BCUT2D eigenvalue weighted by Gasteiger charge is -2.27. The molecule has 1 aromatic heterocycles. The van der Waals surface area contributed by atoms with E-state index in [1.165, 1.54) is 11.3 Å². The molecule has 1 N–H and O–H groups in total. The SMILES string of the molecule is O=Cc1csc(NC(=O)C(c2ccccc2)N2Cc3ccccc3C2=O)n1. The first-order valence-electron chi connectivity index (χ1n) is 8.33. The summed E-state index contributed by atoms with van der Waals surface area (Å²) in [4.78, 5) is 42.4. The number of nitrogens with one attached hydrogen (secondary N) is 1. The van der Waals surface area contributed by atoms with Gasteiger partial charge in [-0.15, -0.1) is 11.3 Å². The average Bonchev–Trinajstić information content (AvgIpc) is 3.28. The number of aromatic nitrogens is 1. The molecule has 2 heterocycles. The summed E-state index contributed by atoms with van der Waals surface area (Å²) >= 11 is 1.17. The molecule has 0 saturated carbocycles. The van der Waals surface area contributed by atoms with E-state index in [0.717, 1.165) is 5.56 Å². The molecular formula is C20H15N3O3S. The van der Waals surface area contributed by atoms with Crippen molar-refractivity contribution in [2.24, 2.45) is 0 Å². The zero-order chi connectivity index (χ0) is 18.8. The first kappa shape index (κ1) is 17.1. The molecule has 27 heavy (non-hydrogen) atoms. The number of anilines is 1. The van der Waals surface area contributed by atoms with Gasteiger partial charge in [0.25, 0.3) is 11.8 Å². The van der Waals surface area contributed by atoms with E-state index in [2.05, 4.69) is 10.3 Å². The largest absolute Gasteiger partial charge is 0.318 e. The summed E-state index contributed by atoms with van der Waals surface area (Å²) in [6.45, 7) is 0.361. The van der Waals surface area contributed by atoms with E-state index in [9.17, 15) is 14.4 Å². The fourth-order valence-electron chi connectivity index (χ4n) is 3.17. The Bertz CT molecular complexity index is 1020. The minimum atomic E-state index is -0.797. The van der Waals surface area contributed by atoms with Crippen molar-refractivity contribution in [3.63, 3.8) is 0 Å². The Morgan fingerprint density at radius 2 is 1.89 bits per heavy atom. The molecule has 1 aliphatic heterocycles. The van der Waals surface area contributed by atoms with Crippen LogP contribution in [0.2, 0.25) is 0 Å². The zero-order valence-electron chi connectivity index (χ0n) is 14.2. The second kappa shape index (κ2) is 7.13. The highest BCUT2D eigenvalue weighted by Gasteiger charge is 2.37. The van der Waals surface area contributed by atoms with Crippen LogP contribution in [0.5, 0.6) is 0 Å². The van der Waals surface area contributed by atoms with Crippen molar-refractivity contribution in [1.82, 2.24) is 9.88 Å². The second-order valence-electron chi connectivity index (χ2n) is 6.09. The summed E-state index contributed by atoms with van der Waals surface area (Å²) in [5.41, 5.74) is 2.48. The third kappa shape index (κ3) is 3.24. The number of benzene rings is 2. The second-order valence-corrected chi connectivity index (χ2v) is 6.95. The van der Waals surface area contributed by atoms with Crippen LogP contribution in [0.4, 0.5) is 5.13 Å². The van der Waals surface area contributed by atoms with Crippen LogP contribution in [0.25, 0.3) is 0 Å². The number of aldehydes is 1. The minimum absolute atomic E-state index is 0.178. The highest BCUT2D eigenvalue weighted by molar-refractivity contribution is 7.14. The molecule has 1 aliphatic rings. The van der Waals surface area contributed by atoms with E-state index >= 15 is 0 Å². The molecule has 0 radical (unpaired) electrons. The monoisotopic (exact) mass is 377 g/mol. The molecule has 7 heteroatoms. The quantitative estimate of drug-likeness (QED) is 0.692. The van der Waals surface area contributed by atoms with Gasteiger partial charge in [0.05, 0.1) is 0 Å². The highest BCUT2D eigenvalue weighted by atomic mass is 32.1. The summed E-state index contributed by atoms with van der Waals surface area (Å²) in [5, 5.41) is 4.63. The molecule has 0 fully saturated rings. The van der Waals surface area contributed by atoms with Gasteiger partial charge in [-0.2, -0.15) is 0 Å². The fourth-order valence-corrected chi connectivity index (χ4v) is 3.82. The number of rotatable bonds is 5. The van der Waals surface area contributed by atoms with E-state index < -0.39 is 6.04 Å². The van der Waals surface area contributed by atoms with Crippen molar-refractivity contribution in [1.29, 1.82) is 0 Å². The van der Waals surface area contributed by atoms with Crippen LogP contribution in [0.3, 0.4) is 0 Å². The summed E-state index contributed by atoms with van der Waals surface area (Å²) in [6, 6.07) is 15.7. The molecule has 134 valence electrons. The first-order valence-corrected chi connectivity index (χ1v) is 9.20. The van der Waals surface area contributed by atoms with Gasteiger partial charge in [0, 0.05) is 17.5 Å². The predicted molar refractivity (Wildman–Crippen MR) is 102 cm³/mol. The third-order valence-electron chi connectivity index (χ3n) is 4.40. The Labute approximate surface area is 159 Å². The van der Waals surface area contributed by atoms with Crippen molar-refractivity contribution < 1.29 is 14.4 Å². The number of carbonyl (C=O) groups excluding carboxylic acids is 3. The van der Waals surface area contributed by atoms with Crippen LogP contribution in [0, 0.1) is 0 Å². The lowest BCUT2D eigenvalue weighted by molar-refractivity contribution is -0.120. The number of hydrogen-bond acceptors (Lipinski definition) is 5. The Morgan fingerprint density at radius 3 is 2.59 bits per heavy atom. The normalized spacial score (nSPS) is 13.9. The summed E-state index contributed by atoms with van der Waals surface area (Å²) in [7, 11) is 0. The molecule has 2 aromatic carbocycles. The van der Waals surface area contributed by atoms with Gasteiger partial charge in [-0.1, -0.05) is 48.5 Å². The Balaban J connectivity index is 1.67. The van der Waals surface area contributed by atoms with Gasteiger partial charge < -0.3 is 4.90 Å². The van der Waals surface area contributed by atoms with E-state index in [1.54, 1.807) is 16.3 Å². The molecule has 1 atom stereocenters. The van der Waals surface area contributed by atoms with Gasteiger partial charge in [0.15, 0.2) is 11.4 Å². The van der Waals surface area contributed by atoms with E-state index in [-0.39, 0.29) is 17.5 Å². The van der Waals surface area contributed by atoms with Crippen LogP contribution < -0.4 is 5.32 Å². The summed E-state index contributed by atoms with van der Waals surface area (Å²) in [5.74, 6) is -0.545. The Morgan fingerprint density at radius 1 is 1.15 bits per heavy atom.